The number of hydrogen-bond acceptors (Lipinski definition) is 2. The van der Waals surface area contributed by atoms with Gasteiger partial charge in [0.1, 0.15) is 7.85 Å². The Morgan fingerprint density at radius 2 is 1.75 bits per heavy atom. The van der Waals surface area contributed by atoms with Gasteiger partial charge < -0.3 is 4.90 Å². The average Bonchev–Trinajstić information content (AvgIpc) is 2.77. The zero-order valence-corrected chi connectivity index (χ0v) is 13.7. The van der Waals surface area contributed by atoms with Crippen molar-refractivity contribution in [2.75, 3.05) is 20.6 Å². The van der Waals surface area contributed by atoms with Crippen molar-refractivity contribution in [2.45, 2.75) is 40.2 Å². The van der Waals surface area contributed by atoms with Crippen LogP contribution in [0.2, 0.25) is 0 Å². The van der Waals surface area contributed by atoms with Crippen LogP contribution in [0.4, 0.5) is 0 Å². The summed E-state index contributed by atoms with van der Waals surface area (Å²) in [5.41, 5.74) is 5.64. The second-order valence-electron chi connectivity index (χ2n) is 6.66. The third-order valence-corrected chi connectivity index (χ3v) is 4.22. The number of nitrogens with zero attached hydrogens (tertiary/aromatic N) is 3. The van der Waals surface area contributed by atoms with Crippen LogP contribution in [0.25, 0.3) is 10.9 Å². The van der Waals surface area contributed by atoms with E-state index in [1.807, 2.05) is 6.20 Å². The minimum Gasteiger partial charge on any atom is -0.307 e. The lowest BCUT2D eigenvalue weighted by Gasteiger charge is -2.30. The molecular formula is C16H24BN3. The number of rotatable bonds is 3. The predicted octanol–water partition coefficient (Wildman–Crippen LogP) is 2.05. The Balaban J connectivity index is 2.75. The van der Waals surface area contributed by atoms with Crippen molar-refractivity contribution < 1.29 is 0 Å². The number of benzene rings is 1. The van der Waals surface area contributed by atoms with E-state index in [2.05, 4.69) is 63.4 Å². The van der Waals surface area contributed by atoms with E-state index in [1.54, 1.807) is 0 Å². The Kier molecular flexibility index (Phi) is 3.72. The second-order valence-corrected chi connectivity index (χ2v) is 6.66. The van der Waals surface area contributed by atoms with Gasteiger partial charge in [0.05, 0.1) is 17.3 Å². The number of fused-ring (bicyclic) bond motifs is 1. The number of aryl methyl sites for hydroxylation is 1. The summed E-state index contributed by atoms with van der Waals surface area (Å²) in [5.74, 6) is 0. The molecule has 2 aromatic rings. The Morgan fingerprint density at radius 1 is 1.15 bits per heavy atom. The van der Waals surface area contributed by atoms with Crippen LogP contribution in [0.5, 0.6) is 0 Å². The van der Waals surface area contributed by atoms with Crippen molar-refractivity contribution in [1.82, 2.24) is 14.7 Å². The van der Waals surface area contributed by atoms with Crippen molar-refractivity contribution in [3.05, 3.63) is 22.9 Å². The SMILES string of the molecule is [B]c1c(C)c(C)c(C)c2c1cnn2C(C)(C)CN(C)C. The summed E-state index contributed by atoms with van der Waals surface area (Å²) in [5, 5.41) is 5.70. The minimum absolute atomic E-state index is 0.0792. The molecular weight excluding hydrogens is 245 g/mol. The molecule has 0 aliphatic heterocycles. The van der Waals surface area contributed by atoms with Gasteiger partial charge in [-0.15, -0.1) is 0 Å². The van der Waals surface area contributed by atoms with Gasteiger partial charge in [0.25, 0.3) is 0 Å². The highest BCUT2D eigenvalue weighted by molar-refractivity contribution is 6.40. The van der Waals surface area contributed by atoms with Gasteiger partial charge in [0.15, 0.2) is 0 Å². The second kappa shape index (κ2) is 4.92. The van der Waals surface area contributed by atoms with Gasteiger partial charge in [0.2, 0.25) is 0 Å². The lowest BCUT2D eigenvalue weighted by atomic mass is 9.83. The molecule has 1 heterocycles. The highest BCUT2D eigenvalue weighted by Gasteiger charge is 2.26. The van der Waals surface area contributed by atoms with Gasteiger partial charge in [-0.3, -0.25) is 4.68 Å². The maximum Gasteiger partial charge on any atom is 0.115 e. The maximum absolute atomic E-state index is 6.28. The average molecular weight is 269 g/mol. The van der Waals surface area contributed by atoms with Crippen LogP contribution < -0.4 is 5.46 Å². The third-order valence-electron chi connectivity index (χ3n) is 4.22. The van der Waals surface area contributed by atoms with Crippen LogP contribution in [-0.4, -0.2) is 43.2 Å². The molecule has 1 aromatic heterocycles. The predicted molar refractivity (Wildman–Crippen MR) is 87.2 cm³/mol. The van der Waals surface area contributed by atoms with Crippen molar-refractivity contribution in [3.63, 3.8) is 0 Å². The fourth-order valence-electron chi connectivity index (χ4n) is 3.07. The molecule has 2 radical (unpaired) electrons. The van der Waals surface area contributed by atoms with Gasteiger partial charge >= 0.3 is 0 Å². The van der Waals surface area contributed by atoms with Crippen LogP contribution in [-0.2, 0) is 5.54 Å². The van der Waals surface area contributed by atoms with Gasteiger partial charge in [-0.2, -0.15) is 5.10 Å². The molecule has 0 saturated carbocycles. The molecule has 2 rings (SSSR count). The summed E-state index contributed by atoms with van der Waals surface area (Å²) in [6.45, 7) is 11.7. The zero-order chi connectivity index (χ0) is 15.2. The van der Waals surface area contributed by atoms with Crippen LogP contribution in [0, 0.1) is 20.8 Å². The van der Waals surface area contributed by atoms with E-state index < -0.39 is 0 Å². The first kappa shape index (κ1) is 15.1. The molecule has 0 saturated heterocycles. The summed E-state index contributed by atoms with van der Waals surface area (Å²) in [6.07, 6.45) is 1.90. The summed E-state index contributed by atoms with van der Waals surface area (Å²) >= 11 is 0. The fourth-order valence-corrected chi connectivity index (χ4v) is 3.07. The summed E-state index contributed by atoms with van der Waals surface area (Å²) in [4.78, 5) is 2.19. The lowest BCUT2D eigenvalue weighted by Crippen LogP contribution is -2.38. The van der Waals surface area contributed by atoms with E-state index in [0.717, 1.165) is 22.9 Å². The smallest absolute Gasteiger partial charge is 0.115 e. The molecule has 0 N–H and O–H groups in total. The van der Waals surface area contributed by atoms with E-state index in [4.69, 9.17) is 7.85 Å². The van der Waals surface area contributed by atoms with Gasteiger partial charge in [-0.1, -0.05) is 11.0 Å². The topological polar surface area (TPSA) is 21.1 Å². The standard InChI is InChI=1S/C16H24BN3/c1-10-11(2)14(17)13-8-18-20(15(13)12(10)3)16(4,5)9-19(6)7/h8H,9H2,1-7H3. The zero-order valence-electron chi connectivity index (χ0n) is 13.7. The summed E-state index contributed by atoms with van der Waals surface area (Å²) in [6, 6.07) is 0. The summed E-state index contributed by atoms with van der Waals surface area (Å²) in [7, 11) is 10.5. The number of aromatic nitrogens is 2. The van der Waals surface area contributed by atoms with Crippen LogP contribution in [0.3, 0.4) is 0 Å². The lowest BCUT2D eigenvalue weighted by molar-refractivity contribution is 0.229. The van der Waals surface area contributed by atoms with Crippen molar-refractivity contribution in [3.8, 4) is 0 Å². The molecule has 4 heteroatoms. The van der Waals surface area contributed by atoms with E-state index in [-0.39, 0.29) is 5.54 Å². The number of hydrogen-bond donors (Lipinski definition) is 0. The van der Waals surface area contributed by atoms with Gasteiger partial charge in [0, 0.05) is 11.9 Å². The first-order valence-corrected chi connectivity index (χ1v) is 7.05. The third kappa shape index (κ3) is 2.26. The molecule has 1 aromatic carbocycles. The summed E-state index contributed by atoms with van der Waals surface area (Å²) < 4.78 is 2.13. The van der Waals surface area contributed by atoms with Gasteiger partial charge in [-0.25, -0.2) is 0 Å². The highest BCUT2D eigenvalue weighted by atomic mass is 15.3. The molecule has 0 fully saturated rings. The molecule has 20 heavy (non-hydrogen) atoms. The minimum atomic E-state index is -0.0792. The maximum atomic E-state index is 6.28. The number of likely N-dealkylation sites (N-methyl/N-ethyl adjacent to an activating group) is 1. The molecule has 0 unspecified atom stereocenters. The van der Waals surface area contributed by atoms with E-state index >= 15 is 0 Å². The van der Waals surface area contributed by atoms with Gasteiger partial charge in [-0.05, 0) is 59.8 Å². The molecule has 0 amide bonds. The molecule has 0 aliphatic carbocycles. The van der Waals surface area contributed by atoms with Crippen molar-refractivity contribution in [2.24, 2.45) is 0 Å². The molecule has 0 atom stereocenters. The molecule has 106 valence electrons. The van der Waals surface area contributed by atoms with E-state index in [0.29, 0.717) is 0 Å². The molecule has 3 nitrogen and oxygen atoms in total. The Morgan fingerprint density at radius 3 is 2.30 bits per heavy atom. The van der Waals surface area contributed by atoms with Crippen LogP contribution in [0.15, 0.2) is 6.20 Å². The van der Waals surface area contributed by atoms with E-state index in [9.17, 15) is 0 Å². The monoisotopic (exact) mass is 269 g/mol. The normalized spacial score (nSPS) is 12.6. The van der Waals surface area contributed by atoms with E-state index in [1.165, 1.54) is 16.7 Å². The Labute approximate surface area is 123 Å². The Bertz CT molecular complexity index is 654. The molecule has 0 spiro atoms. The van der Waals surface area contributed by atoms with Crippen molar-refractivity contribution in [1.29, 1.82) is 0 Å². The molecule has 0 bridgehead atoms. The Hall–Kier alpha value is -1.29. The fraction of sp³-hybridized carbons (Fsp3) is 0.562. The first-order valence-electron chi connectivity index (χ1n) is 7.05. The largest absolute Gasteiger partial charge is 0.307 e. The van der Waals surface area contributed by atoms with Crippen LogP contribution >= 0.6 is 0 Å². The van der Waals surface area contributed by atoms with Crippen LogP contribution in [0.1, 0.15) is 30.5 Å². The molecule has 0 aliphatic rings. The highest BCUT2D eigenvalue weighted by Crippen LogP contribution is 2.27. The van der Waals surface area contributed by atoms with Crippen molar-refractivity contribution >= 4 is 24.2 Å². The first-order chi connectivity index (χ1) is 9.16. The quantitative estimate of drug-likeness (QED) is 0.795.